The predicted octanol–water partition coefficient (Wildman–Crippen LogP) is 2.34. The zero-order valence-electron chi connectivity index (χ0n) is 9.59. The minimum absolute atomic E-state index is 0.0949. The van der Waals surface area contributed by atoms with Gasteiger partial charge in [-0.15, -0.1) is 5.10 Å². The third kappa shape index (κ3) is 2.08. The molecule has 4 nitrogen and oxygen atoms in total. The van der Waals surface area contributed by atoms with Crippen LogP contribution in [0.5, 0.6) is 0 Å². The summed E-state index contributed by atoms with van der Waals surface area (Å²) in [5.41, 5.74) is 1.47. The highest BCUT2D eigenvalue weighted by Crippen LogP contribution is 2.18. The van der Waals surface area contributed by atoms with Crippen LogP contribution >= 0.6 is 0 Å². The minimum atomic E-state index is -0.374. The Morgan fingerprint density at radius 2 is 2.18 bits per heavy atom. The average Bonchev–Trinajstić information content (AvgIpc) is 2.72. The van der Waals surface area contributed by atoms with Crippen molar-refractivity contribution in [3.05, 3.63) is 41.5 Å². The molecule has 0 aliphatic heterocycles. The molecule has 0 fully saturated rings. The second kappa shape index (κ2) is 4.45. The lowest BCUT2D eigenvalue weighted by molar-refractivity contribution is 0.111. The first-order valence-corrected chi connectivity index (χ1v) is 5.30. The summed E-state index contributed by atoms with van der Waals surface area (Å²) in [5.74, 6) is -0.279. The van der Waals surface area contributed by atoms with Gasteiger partial charge in [0.1, 0.15) is 11.5 Å². The maximum Gasteiger partial charge on any atom is 0.170 e. The van der Waals surface area contributed by atoms with Gasteiger partial charge in [-0.2, -0.15) is 0 Å². The Morgan fingerprint density at radius 3 is 2.76 bits per heavy atom. The fourth-order valence-corrected chi connectivity index (χ4v) is 1.62. The van der Waals surface area contributed by atoms with Crippen molar-refractivity contribution in [1.82, 2.24) is 15.0 Å². The maximum atomic E-state index is 13.1. The molecule has 1 aromatic carbocycles. The Balaban J connectivity index is 2.56. The fraction of sp³-hybridized carbons (Fsp3) is 0.250. The fourth-order valence-electron chi connectivity index (χ4n) is 1.62. The number of carbonyl (C=O) groups is 1. The second-order valence-corrected chi connectivity index (χ2v) is 4.02. The standard InChI is InChI=1S/C12H12FN3O/c1-8(2)12-11(7-17)16(15-14-12)10-5-3-4-9(13)6-10/h3-8H,1-2H3. The molecule has 0 atom stereocenters. The molecule has 0 saturated heterocycles. The average molecular weight is 233 g/mol. The number of nitrogens with zero attached hydrogens (tertiary/aromatic N) is 3. The van der Waals surface area contributed by atoms with E-state index in [1.807, 2.05) is 13.8 Å². The highest BCUT2D eigenvalue weighted by molar-refractivity contribution is 5.75. The highest BCUT2D eigenvalue weighted by atomic mass is 19.1. The molecule has 5 heteroatoms. The molecule has 88 valence electrons. The third-order valence-corrected chi connectivity index (χ3v) is 2.44. The molecule has 2 aromatic rings. The number of carbonyl (C=O) groups excluding carboxylic acids is 1. The summed E-state index contributed by atoms with van der Waals surface area (Å²) >= 11 is 0. The Kier molecular flexibility index (Phi) is 2.99. The van der Waals surface area contributed by atoms with Crippen molar-refractivity contribution in [2.45, 2.75) is 19.8 Å². The monoisotopic (exact) mass is 233 g/mol. The van der Waals surface area contributed by atoms with E-state index in [0.717, 1.165) is 0 Å². The van der Waals surface area contributed by atoms with Gasteiger partial charge in [0.05, 0.1) is 11.4 Å². The summed E-state index contributed by atoms with van der Waals surface area (Å²) < 4.78 is 14.5. The van der Waals surface area contributed by atoms with Crippen LogP contribution in [0.4, 0.5) is 4.39 Å². The van der Waals surface area contributed by atoms with E-state index in [9.17, 15) is 9.18 Å². The first-order chi connectivity index (χ1) is 8.13. The lowest BCUT2D eigenvalue weighted by atomic mass is 10.1. The van der Waals surface area contributed by atoms with E-state index in [4.69, 9.17) is 0 Å². The van der Waals surface area contributed by atoms with Crippen molar-refractivity contribution >= 4 is 6.29 Å². The molecule has 0 radical (unpaired) electrons. The van der Waals surface area contributed by atoms with Gasteiger partial charge >= 0.3 is 0 Å². The van der Waals surface area contributed by atoms with Crippen molar-refractivity contribution in [2.24, 2.45) is 0 Å². The molecule has 17 heavy (non-hydrogen) atoms. The molecule has 0 amide bonds. The summed E-state index contributed by atoms with van der Waals surface area (Å²) in [6.07, 6.45) is 0.695. The van der Waals surface area contributed by atoms with E-state index in [0.29, 0.717) is 23.4 Å². The first-order valence-electron chi connectivity index (χ1n) is 5.30. The van der Waals surface area contributed by atoms with E-state index in [1.54, 1.807) is 12.1 Å². The van der Waals surface area contributed by atoms with Gasteiger partial charge in [0, 0.05) is 0 Å². The Hall–Kier alpha value is -2.04. The van der Waals surface area contributed by atoms with Crippen LogP contribution in [0.1, 0.15) is 35.9 Å². The van der Waals surface area contributed by atoms with Crippen LogP contribution in [0, 0.1) is 5.82 Å². The van der Waals surface area contributed by atoms with Crippen LogP contribution < -0.4 is 0 Å². The molecule has 0 N–H and O–H groups in total. The van der Waals surface area contributed by atoms with E-state index in [-0.39, 0.29) is 11.7 Å². The predicted molar refractivity (Wildman–Crippen MR) is 60.8 cm³/mol. The van der Waals surface area contributed by atoms with Crippen molar-refractivity contribution in [2.75, 3.05) is 0 Å². The van der Waals surface area contributed by atoms with Crippen molar-refractivity contribution in [1.29, 1.82) is 0 Å². The van der Waals surface area contributed by atoms with Gasteiger partial charge in [-0.25, -0.2) is 9.07 Å². The highest BCUT2D eigenvalue weighted by Gasteiger charge is 2.16. The van der Waals surface area contributed by atoms with Gasteiger partial charge in [-0.05, 0) is 24.1 Å². The van der Waals surface area contributed by atoms with Crippen molar-refractivity contribution in [3.63, 3.8) is 0 Å². The number of aldehydes is 1. The topological polar surface area (TPSA) is 47.8 Å². The number of halogens is 1. The summed E-state index contributed by atoms with van der Waals surface area (Å²) in [4.78, 5) is 11.1. The van der Waals surface area contributed by atoms with Gasteiger partial charge in [-0.3, -0.25) is 4.79 Å². The molecule has 0 aliphatic carbocycles. The van der Waals surface area contributed by atoms with E-state index in [2.05, 4.69) is 10.3 Å². The Labute approximate surface area is 98.1 Å². The largest absolute Gasteiger partial charge is 0.296 e. The molecule has 0 unspecified atom stereocenters. The van der Waals surface area contributed by atoms with Crippen LogP contribution in [-0.2, 0) is 0 Å². The van der Waals surface area contributed by atoms with Gasteiger partial charge in [0.2, 0.25) is 0 Å². The molecule has 1 heterocycles. The van der Waals surface area contributed by atoms with Crippen LogP contribution in [0.15, 0.2) is 24.3 Å². The van der Waals surface area contributed by atoms with E-state index < -0.39 is 0 Å². The first kappa shape index (κ1) is 11.4. The van der Waals surface area contributed by atoms with Gasteiger partial charge in [-0.1, -0.05) is 25.1 Å². The Bertz CT molecular complexity index is 548. The van der Waals surface area contributed by atoms with Crippen LogP contribution in [0.3, 0.4) is 0 Å². The summed E-state index contributed by atoms with van der Waals surface area (Å²) in [6, 6.07) is 5.89. The molecule has 0 spiro atoms. The molecule has 1 aromatic heterocycles. The summed E-state index contributed by atoms with van der Waals surface area (Å²) in [6.45, 7) is 3.85. The van der Waals surface area contributed by atoms with E-state index in [1.165, 1.54) is 16.8 Å². The smallest absolute Gasteiger partial charge is 0.170 e. The normalized spacial score (nSPS) is 10.8. The zero-order valence-corrected chi connectivity index (χ0v) is 9.59. The molecule has 2 rings (SSSR count). The molecule has 0 aliphatic rings. The lowest BCUT2D eigenvalue weighted by Crippen LogP contribution is -2.03. The summed E-state index contributed by atoms with van der Waals surface area (Å²) in [5, 5.41) is 7.84. The number of hydrogen-bond acceptors (Lipinski definition) is 3. The lowest BCUT2D eigenvalue weighted by Gasteiger charge is -2.04. The SMILES string of the molecule is CC(C)c1nnn(-c2cccc(F)c2)c1C=O. The molecular weight excluding hydrogens is 221 g/mol. The van der Waals surface area contributed by atoms with Gasteiger partial charge < -0.3 is 0 Å². The second-order valence-electron chi connectivity index (χ2n) is 4.02. The summed E-state index contributed by atoms with van der Waals surface area (Å²) in [7, 11) is 0. The van der Waals surface area contributed by atoms with Crippen LogP contribution in [-0.4, -0.2) is 21.3 Å². The quantitative estimate of drug-likeness (QED) is 0.764. The van der Waals surface area contributed by atoms with Crippen LogP contribution in [0.2, 0.25) is 0 Å². The Morgan fingerprint density at radius 1 is 1.41 bits per heavy atom. The van der Waals surface area contributed by atoms with Gasteiger partial charge in [0.15, 0.2) is 6.29 Å². The molecule has 0 saturated carbocycles. The number of benzene rings is 1. The minimum Gasteiger partial charge on any atom is -0.296 e. The van der Waals surface area contributed by atoms with Crippen molar-refractivity contribution < 1.29 is 9.18 Å². The number of aromatic nitrogens is 3. The van der Waals surface area contributed by atoms with Crippen LogP contribution in [0.25, 0.3) is 5.69 Å². The van der Waals surface area contributed by atoms with Gasteiger partial charge in [0.25, 0.3) is 0 Å². The molecular formula is C12H12FN3O. The maximum absolute atomic E-state index is 13.1. The number of hydrogen-bond donors (Lipinski definition) is 0. The van der Waals surface area contributed by atoms with Crippen molar-refractivity contribution in [3.8, 4) is 5.69 Å². The number of rotatable bonds is 3. The third-order valence-electron chi connectivity index (χ3n) is 2.44. The van der Waals surface area contributed by atoms with E-state index >= 15 is 0 Å². The zero-order chi connectivity index (χ0) is 12.4. The molecule has 0 bridgehead atoms.